The SMILES string of the molecule is c1csc(-c2noc([C@H]3COCCN3)n2)c1. The minimum Gasteiger partial charge on any atom is -0.378 e. The molecule has 16 heavy (non-hydrogen) atoms. The lowest BCUT2D eigenvalue weighted by Crippen LogP contribution is -2.34. The standard InChI is InChI=1S/C10H11N3O2S/c1-2-8(16-5-1)9-12-10(15-13-9)7-6-14-4-3-11-7/h1-2,5,7,11H,3-4,6H2/t7-/m1/s1. The van der Waals surface area contributed by atoms with Crippen molar-refractivity contribution in [2.45, 2.75) is 6.04 Å². The normalized spacial score (nSPS) is 21.1. The van der Waals surface area contributed by atoms with E-state index in [1.807, 2.05) is 17.5 Å². The fourth-order valence-electron chi connectivity index (χ4n) is 1.61. The Morgan fingerprint density at radius 3 is 3.25 bits per heavy atom. The summed E-state index contributed by atoms with van der Waals surface area (Å²) in [7, 11) is 0. The van der Waals surface area contributed by atoms with Gasteiger partial charge in [0.05, 0.1) is 18.1 Å². The summed E-state index contributed by atoms with van der Waals surface area (Å²) in [5.74, 6) is 1.25. The van der Waals surface area contributed by atoms with Gasteiger partial charge in [0.25, 0.3) is 0 Å². The maximum atomic E-state index is 5.35. The van der Waals surface area contributed by atoms with Gasteiger partial charge in [-0.25, -0.2) is 0 Å². The van der Waals surface area contributed by atoms with Crippen LogP contribution in [0.1, 0.15) is 11.9 Å². The minimum absolute atomic E-state index is 0.0231. The van der Waals surface area contributed by atoms with E-state index in [9.17, 15) is 0 Å². The van der Waals surface area contributed by atoms with Gasteiger partial charge in [-0.3, -0.25) is 0 Å². The Morgan fingerprint density at radius 1 is 1.50 bits per heavy atom. The van der Waals surface area contributed by atoms with Gasteiger partial charge in [-0.1, -0.05) is 11.2 Å². The molecule has 0 radical (unpaired) electrons. The van der Waals surface area contributed by atoms with Crippen LogP contribution in [0.2, 0.25) is 0 Å². The Balaban J connectivity index is 1.82. The van der Waals surface area contributed by atoms with E-state index in [0.717, 1.165) is 18.0 Å². The number of hydrogen-bond acceptors (Lipinski definition) is 6. The number of nitrogens with zero attached hydrogens (tertiary/aromatic N) is 2. The fraction of sp³-hybridized carbons (Fsp3) is 0.400. The molecule has 6 heteroatoms. The lowest BCUT2D eigenvalue weighted by atomic mass is 10.3. The van der Waals surface area contributed by atoms with Crippen LogP contribution in [0, 0.1) is 0 Å². The molecule has 0 bridgehead atoms. The highest BCUT2D eigenvalue weighted by atomic mass is 32.1. The van der Waals surface area contributed by atoms with E-state index in [0.29, 0.717) is 18.3 Å². The highest BCUT2D eigenvalue weighted by Crippen LogP contribution is 2.23. The van der Waals surface area contributed by atoms with Crippen molar-refractivity contribution >= 4 is 11.3 Å². The molecular formula is C10H11N3O2S. The molecule has 84 valence electrons. The average Bonchev–Trinajstić information content (AvgIpc) is 3.01. The Bertz CT molecular complexity index is 448. The van der Waals surface area contributed by atoms with Gasteiger partial charge in [-0.15, -0.1) is 11.3 Å². The van der Waals surface area contributed by atoms with E-state index in [2.05, 4.69) is 15.5 Å². The van der Waals surface area contributed by atoms with E-state index in [-0.39, 0.29) is 6.04 Å². The molecule has 1 N–H and O–H groups in total. The second kappa shape index (κ2) is 4.32. The summed E-state index contributed by atoms with van der Waals surface area (Å²) in [4.78, 5) is 5.39. The molecule has 0 saturated carbocycles. The molecule has 2 aromatic heterocycles. The highest BCUT2D eigenvalue weighted by molar-refractivity contribution is 7.13. The average molecular weight is 237 g/mol. The van der Waals surface area contributed by atoms with E-state index in [1.54, 1.807) is 11.3 Å². The molecule has 5 nitrogen and oxygen atoms in total. The highest BCUT2D eigenvalue weighted by Gasteiger charge is 2.22. The van der Waals surface area contributed by atoms with Crippen LogP contribution < -0.4 is 5.32 Å². The van der Waals surface area contributed by atoms with Gasteiger partial charge >= 0.3 is 0 Å². The molecule has 3 heterocycles. The molecule has 0 amide bonds. The van der Waals surface area contributed by atoms with Crippen molar-refractivity contribution in [2.75, 3.05) is 19.8 Å². The van der Waals surface area contributed by atoms with Crippen molar-refractivity contribution in [1.29, 1.82) is 0 Å². The Labute approximate surface area is 96.4 Å². The minimum atomic E-state index is 0.0231. The van der Waals surface area contributed by atoms with E-state index in [1.165, 1.54) is 0 Å². The van der Waals surface area contributed by atoms with Crippen LogP contribution in [0.15, 0.2) is 22.0 Å². The van der Waals surface area contributed by atoms with Crippen molar-refractivity contribution in [1.82, 2.24) is 15.5 Å². The Hall–Kier alpha value is -1.24. The largest absolute Gasteiger partial charge is 0.378 e. The van der Waals surface area contributed by atoms with Crippen LogP contribution in [0.5, 0.6) is 0 Å². The number of ether oxygens (including phenoxy) is 1. The zero-order valence-electron chi connectivity index (χ0n) is 8.55. The molecule has 0 unspecified atom stereocenters. The first-order valence-corrected chi connectivity index (χ1v) is 6.00. The quantitative estimate of drug-likeness (QED) is 0.856. The van der Waals surface area contributed by atoms with Gasteiger partial charge in [0.15, 0.2) is 0 Å². The van der Waals surface area contributed by atoms with Crippen LogP contribution >= 0.6 is 11.3 Å². The van der Waals surface area contributed by atoms with Gasteiger partial charge in [0.1, 0.15) is 6.04 Å². The molecule has 1 fully saturated rings. The molecule has 1 atom stereocenters. The number of hydrogen-bond donors (Lipinski definition) is 1. The van der Waals surface area contributed by atoms with Crippen LogP contribution in [-0.2, 0) is 4.74 Å². The third-order valence-electron chi connectivity index (χ3n) is 2.40. The van der Waals surface area contributed by atoms with Gasteiger partial charge in [-0.05, 0) is 11.4 Å². The molecule has 0 aliphatic carbocycles. The Morgan fingerprint density at radius 2 is 2.50 bits per heavy atom. The lowest BCUT2D eigenvalue weighted by Gasteiger charge is -2.20. The summed E-state index contributed by atoms with van der Waals surface area (Å²) in [6.45, 7) is 2.15. The zero-order valence-corrected chi connectivity index (χ0v) is 9.37. The third-order valence-corrected chi connectivity index (χ3v) is 3.27. The van der Waals surface area contributed by atoms with Gasteiger partial charge < -0.3 is 14.6 Å². The summed E-state index contributed by atoms with van der Waals surface area (Å²) in [6, 6.07) is 3.97. The number of thiophene rings is 1. The molecule has 0 spiro atoms. The molecule has 2 aromatic rings. The summed E-state index contributed by atoms with van der Waals surface area (Å²) >= 11 is 1.60. The summed E-state index contributed by atoms with van der Waals surface area (Å²) in [5.41, 5.74) is 0. The second-order valence-corrected chi connectivity index (χ2v) is 4.46. The maximum Gasteiger partial charge on any atom is 0.246 e. The van der Waals surface area contributed by atoms with Crippen LogP contribution in [0.4, 0.5) is 0 Å². The first-order chi connectivity index (χ1) is 7.93. The van der Waals surface area contributed by atoms with E-state index < -0.39 is 0 Å². The number of rotatable bonds is 2. The summed E-state index contributed by atoms with van der Waals surface area (Å²) in [5, 5.41) is 9.23. The molecule has 1 aliphatic heterocycles. The van der Waals surface area contributed by atoms with Crippen LogP contribution in [0.25, 0.3) is 10.7 Å². The topological polar surface area (TPSA) is 60.2 Å². The Kier molecular flexibility index (Phi) is 2.69. The molecule has 1 saturated heterocycles. The van der Waals surface area contributed by atoms with Crippen LogP contribution in [-0.4, -0.2) is 29.9 Å². The second-order valence-electron chi connectivity index (χ2n) is 3.52. The predicted octanol–water partition coefficient (Wildman–Crippen LogP) is 1.46. The van der Waals surface area contributed by atoms with E-state index >= 15 is 0 Å². The molecule has 0 aromatic carbocycles. The predicted molar refractivity (Wildman–Crippen MR) is 59.2 cm³/mol. The fourth-order valence-corrected chi connectivity index (χ4v) is 2.26. The molecule has 3 rings (SSSR count). The zero-order chi connectivity index (χ0) is 10.8. The maximum absolute atomic E-state index is 5.35. The molecular weight excluding hydrogens is 226 g/mol. The number of nitrogens with one attached hydrogen (secondary N) is 1. The van der Waals surface area contributed by atoms with Gasteiger partial charge in [0, 0.05) is 6.54 Å². The third kappa shape index (κ3) is 1.87. The lowest BCUT2D eigenvalue weighted by molar-refractivity contribution is 0.0659. The first-order valence-electron chi connectivity index (χ1n) is 5.12. The van der Waals surface area contributed by atoms with Crippen molar-refractivity contribution < 1.29 is 9.26 Å². The first kappa shape index (κ1) is 9.95. The number of morpholine rings is 1. The summed E-state index contributed by atoms with van der Waals surface area (Å²) < 4.78 is 10.6. The monoisotopic (exact) mass is 237 g/mol. The van der Waals surface area contributed by atoms with Gasteiger partial charge in [0.2, 0.25) is 11.7 Å². The van der Waals surface area contributed by atoms with Gasteiger partial charge in [-0.2, -0.15) is 4.98 Å². The van der Waals surface area contributed by atoms with Crippen LogP contribution in [0.3, 0.4) is 0 Å². The van der Waals surface area contributed by atoms with Crippen molar-refractivity contribution in [3.8, 4) is 10.7 Å². The van der Waals surface area contributed by atoms with Crippen molar-refractivity contribution in [2.24, 2.45) is 0 Å². The van der Waals surface area contributed by atoms with E-state index in [4.69, 9.17) is 9.26 Å². The number of aromatic nitrogens is 2. The van der Waals surface area contributed by atoms with Crippen molar-refractivity contribution in [3.63, 3.8) is 0 Å². The smallest absolute Gasteiger partial charge is 0.246 e. The van der Waals surface area contributed by atoms with Crippen molar-refractivity contribution in [3.05, 3.63) is 23.4 Å². The molecule has 1 aliphatic rings. The summed E-state index contributed by atoms with van der Waals surface area (Å²) in [6.07, 6.45) is 0.